The fraction of sp³-hybridized carbons (Fsp3) is 0.211. The molecule has 118 valence electrons. The minimum Gasteiger partial charge on any atom is -0.507 e. The average molecular weight is 308 g/mol. The average Bonchev–Trinajstić information content (AvgIpc) is 2.54. The van der Waals surface area contributed by atoms with Gasteiger partial charge in [-0.15, -0.1) is 6.58 Å². The van der Waals surface area contributed by atoms with Crippen LogP contribution in [0.1, 0.15) is 33.2 Å². The molecule has 1 amide bonds. The molecular weight excluding hydrogens is 288 g/mol. The van der Waals surface area contributed by atoms with Crippen LogP contribution in [0.15, 0.2) is 49.1 Å². The van der Waals surface area contributed by atoms with Gasteiger partial charge in [0, 0.05) is 12.2 Å². The molecule has 0 aromatic heterocycles. The lowest BCUT2D eigenvalue weighted by Gasteiger charge is -2.38. The molecule has 0 spiro atoms. The van der Waals surface area contributed by atoms with Gasteiger partial charge in [0.25, 0.3) is 5.91 Å². The number of nitrogens with one attached hydrogen (secondary N) is 1. The van der Waals surface area contributed by atoms with Gasteiger partial charge < -0.3 is 15.3 Å². The Balaban J connectivity index is 2.10. The molecule has 3 rings (SSSR count). The molecule has 1 aliphatic heterocycles. The molecule has 0 saturated carbocycles. The van der Waals surface area contributed by atoms with Crippen LogP contribution in [-0.2, 0) is 0 Å². The van der Waals surface area contributed by atoms with Crippen LogP contribution in [0.3, 0.4) is 0 Å². The van der Waals surface area contributed by atoms with Crippen molar-refractivity contribution in [2.75, 3.05) is 11.9 Å². The SMILES string of the molecule is C=CCN1C(=O)c2ccccc2NC1c1cc(C)c(O)c(C)c1. The number of anilines is 1. The quantitative estimate of drug-likeness (QED) is 0.849. The Morgan fingerprint density at radius 2 is 1.91 bits per heavy atom. The second kappa shape index (κ2) is 5.80. The number of carbonyl (C=O) groups is 1. The van der Waals surface area contributed by atoms with Crippen molar-refractivity contribution in [1.82, 2.24) is 4.90 Å². The van der Waals surface area contributed by atoms with Crippen molar-refractivity contribution in [3.63, 3.8) is 0 Å². The van der Waals surface area contributed by atoms with Crippen molar-refractivity contribution < 1.29 is 9.90 Å². The third-order valence-electron chi connectivity index (χ3n) is 4.18. The maximum atomic E-state index is 12.8. The van der Waals surface area contributed by atoms with E-state index in [1.54, 1.807) is 11.0 Å². The Kier molecular flexibility index (Phi) is 3.82. The Morgan fingerprint density at radius 1 is 1.26 bits per heavy atom. The van der Waals surface area contributed by atoms with Crippen molar-refractivity contribution in [3.05, 3.63) is 71.3 Å². The van der Waals surface area contributed by atoms with Gasteiger partial charge in [0.2, 0.25) is 0 Å². The highest BCUT2D eigenvalue weighted by Crippen LogP contribution is 2.35. The van der Waals surface area contributed by atoms with Gasteiger partial charge in [-0.1, -0.05) is 18.2 Å². The highest BCUT2D eigenvalue weighted by molar-refractivity contribution is 6.01. The Labute approximate surface area is 136 Å². The topological polar surface area (TPSA) is 52.6 Å². The number of benzene rings is 2. The van der Waals surface area contributed by atoms with Crippen LogP contribution >= 0.6 is 0 Å². The number of fused-ring (bicyclic) bond motifs is 1. The summed E-state index contributed by atoms with van der Waals surface area (Å²) < 4.78 is 0. The summed E-state index contributed by atoms with van der Waals surface area (Å²) >= 11 is 0. The molecule has 0 saturated heterocycles. The molecular formula is C19H20N2O2. The lowest BCUT2D eigenvalue weighted by Crippen LogP contribution is -2.43. The predicted molar refractivity (Wildman–Crippen MR) is 91.6 cm³/mol. The van der Waals surface area contributed by atoms with E-state index >= 15 is 0 Å². The first-order valence-corrected chi connectivity index (χ1v) is 7.60. The zero-order valence-corrected chi connectivity index (χ0v) is 13.3. The van der Waals surface area contributed by atoms with E-state index in [0.717, 1.165) is 22.4 Å². The van der Waals surface area contributed by atoms with Crippen LogP contribution in [0.4, 0.5) is 5.69 Å². The fourth-order valence-electron chi connectivity index (χ4n) is 3.03. The summed E-state index contributed by atoms with van der Waals surface area (Å²) in [6, 6.07) is 11.3. The predicted octanol–water partition coefficient (Wildman–Crippen LogP) is 3.76. The smallest absolute Gasteiger partial charge is 0.258 e. The maximum absolute atomic E-state index is 12.8. The van der Waals surface area contributed by atoms with Crippen molar-refractivity contribution in [3.8, 4) is 5.75 Å². The van der Waals surface area contributed by atoms with Gasteiger partial charge in [-0.2, -0.15) is 0 Å². The van der Waals surface area contributed by atoms with Crippen LogP contribution in [0.25, 0.3) is 0 Å². The molecule has 2 aromatic rings. The monoisotopic (exact) mass is 308 g/mol. The Hall–Kier alpha value is -2.75. The summed E-state index contributed by atoms with van der Waals surface area (Å²) in [7, 11) is 0. The number of aromatic hydroxyl groups is 1. The number of nitrogens with zero attached hydrogens (tertiary/aromatic N) is 1. The van der Waals surface area contributed by atoms with Crippen LogP contribution in [0, 0.1) is 13.8 Å². The zero-order valence-electron chi connectivity index (χ0n) is 13.3. The summed E-state index contributed by atoms with van der Waals surface area (Å²) in [6.07, 6.45) is 1.44. The highest BCUT2D eigenvalue weighted by atomic mass is 16.3. The van der Waals surface area contributed by atoms with Crippen LogP contribution in [-0.4, -0.2) is 22.5 Å². The number of phenols is 1. The number of phenolic OH excluding ortho intramolecular Hbond substituents is 1. The first-order chi connectivity index (χ1) is 11.0. The van der Waals surface area contributed by atoms with E-state index in [-0.39, 0.29) is 12.1 Å². The van der Waals surface area contributed by atoms with E-state index in [1.807, 2.05) is 50.2 Å². The summed E-state index contributed by atoms with van der Waals surface area (Å²) in [5.41, 5.74) is 4.03. The number of aryl methyl sites for hydroxylation is 2. The molecule has 2 N–H and O–H groups in total. The van der Waals surface area contributed by atoms with Crippen molar-refractivity contribution >= 4 is 11.6 Å². The molecule has 1 atom stereocenters. The van der Waals surface area contributed by atoms with Crippen LogP contribution in [0.5, 0.6) is 5.75 Å². The van der Waals surface area contributed by atoms with Crippen molar-refractivity contribution in [2.24, 2.45) is 0 Å². The molecule has 23 heavy (non-hydrogen) atoms. The van der Waals surface area contributed by atoms with Gasteiger partial charge in [-0.05, 0) is 54.8 Å². The largest absolute Gasteiger partial charge is 0.507 e. The second-order valence-electron chi connectivity index (χ2n) is 5.84. The fourth-order valence-corrected chi connectivity index (χ4v) is 3.03. The van der Waals surface area contributed by atoms with Gasteiger partial charge in [0.05, 0.1) is 5.56 Å². The van der Waals surface area contributed by atoms with Crippen LogP contribution < -0.4 is 5.32 Å². The molecule has 1 unspecified atom stereocenters. The number of rotatable bonds is 3. The van der Waals surface area contributed by atoms with Gasteiger partial charge in [0.15, 0.2) is 0 Å². The third kappa shape index (κ3) is 2.57. The van der Waals surface area contributed by atoms with Crippen molar-refractivity contribution in [2.45, 2.75) is 20.0 Å². The zero-order chi connectivity index (χ0) is 16.6. The van der Waals surface area contributed by atoms with E-state index in [9.17, 15) is 9.90 Å². The molecule has 1 heterocycles. The van der Waals surface area contributed by atoms with E-state index in [4.69, 9.17) is 0 Å². The number of hydrogen-bond donors (Lipinski definition) is 2. The van der Waals surface area contributed by atoms with Crippen molar-refractivity contribution in [1.29, 1.82) is 0 Å². The molecule has 0 aliphatic carbocycles. The molecule has 1 aliphatic rings. The van der Waals surface area contributed by atoms with E-state index in [0.29, 0.717) is 17.9 Å². The van der Waals surface area contributed by atoms with E-state index in [2.05, 4.69) is 11.9 Å². The minimum absolute atomic E-state index is 0.0207. The maximum Gasteiger partial charge on any atom is 0.258 e. The summed E-state index contributed by atoms with van der Waals surface area (Å²) in [5.74, 6) is 0.277. The molecule has 0 fully saturated rings. The standard InChI is InChI=1S/C19H20N2O2/c1-4-9-21-18(14-10-12(2)17(22)13(3)11-14)20-16-8-6-5-7-15(16)19(21)23/h4-8,10-11,18,20,22H,1,9H2,2-3H3. The van der Waals surface area contributed by atoms with Gasteiger partial charge in [-0.25, -0.2) is 0 Å². The third-order valence-corrected chi connectivity index (χ3v) is 4.18. The molecule has 4 heteroatoms. The Morgan fingerprint density at radius 3 is 2.57 bits per heavy atom. The Bertz CT molecular complexity index is 760. The first-order valence-electron chi connectivity index (χ1n) is 7.60. The summed E-state index contributed by atoms with van der Waals surface area (Å²) in [4.78, 5) is 14.6. The number of para-hydroxylation sites is 1. The molecule has 0 bridgehead atoms. The number of carbonyl (C=O) groups excluding carboxylic acids is 1. The van der Waals surface area contributed by atoms with Gasteiger partial charge in [-0.3, -0.25) is 4.79 Å². The molecule has 0 radical (unpaired) electrons. The van der Waals surface area contributed by atoms with Crippen LogP contribution in [0.2, 0.25) is 0 Å². The van der Waals surface area contributed by atoms with Gasteiger partial charge in [0.1, 0.15) is 11.9 Å². The van der Waals surface area contributed by atoms with E-state index < -0.39 is 0 Å². The van der Waals surface area contributed by atoms with E-state index in [1.165, 1.54) is 0 Å². The van der Waals surface area contributed by atoms with Gasteiger partial charge >= 0.3 is 0 Å². The second-order valence-corrected chi connectivity index (χ2v) is 5.84. The normalized spacial score (nSPS) is 16.7. The molecule has 2 aromatic carbocycles. The number of amides is 1. The lowest BCUT2D eigenvalue weighted by molar-refractivity contribution is 0.0707. The lowest BCUT2D eigenvalue weighted by atomic mass is 9.99. The highest BCUT2D eigenvalue weighted by Gasteiger charge is 2.32. The first kappa shape index (κ1) is 15.2. The summed E-state index contributed by atoms with van der Waals surface area (Å²) in [5, 5.41) is 13.4. The molecule has 4 nitrogen and oxygen atoms in total. The number of hydrogen-bond acceptors (Lipinski definition) is 3. The summed E-state index contributed by atoms with van der Waals surface area (Å²) in [6.45, 7) is 7.94. The minimum atomic E-state index is -0.284.